The van der Waals surface area contributed by atoms with E-state index >= 15 is 0 Å². The maximum absolute atomic E-state index is 13.0. The second-order valence-electron chi connectivity index (χ2n) is 6.94. The van der Waals surface area contributed by atoms with E-state index in [1.165, 1.54) is 0 Å². The van der Waals surface area contributed by atoms with Gasteiger partial charge in [0, 0.05) is 12.1 Å². The van der Waals surface area contributed by atoms with Gasteiger partial charge in [-0.2, -0.15) is 0 Å². The van der Waals surface area contributed by atoms with Crippen LogP contribution in [-0.4, -0.2) is 44.1 Å². The highest BCUT2D eigenvalue weighted by atomic mass is 16.5. The van der Waals surface area contributed by atoms with Crippen molar-refractivity contribution in [2.24, 2.45) is 5.92 Å². The van der Waals surface area contributed by atoms with E-state index in [2.05, 4.69) is 24.5 Å². The van der Waals surface area contributed by atoms with Crippen LogP contribution in [-0.2, 0) is 4.79 Å². The quantitative estimate of drug-likeness (QED) is 0.816. The number of carbonyl (C=O) groups excluding carboxylic acids is 2. The second-order valence-corrected chi connectivity index (χ2v) is 6.94. The number of hydrogen-bond donors (Lipinski definition) is 2. The van der Waals surface area contributed by atoms with Gasteiger partial charge in [-0.1, -0.05) is 13.8 Å². The molecular formula is C19H25N3O4. The molecule has 2 aliphatic heterocycles. The van der Waals surface area contributed by atoms with Crippen LogP contribution in [0.25, 0.3) is 0 Å². The topological polar surface area (TPSA) is 79.9 Å². The summed E-state index contributed by atoms with van der Waals surface area (Å²) in [5, 5.41) is 5.64. The molecular weight excluding hydrogens is 334 g/mol. The van der Waals surface area contributed by atoms with Crippen molar-refractivity contribution in [3.8, 4) is 11.5 Å². The minimum absolute atomic E-state index is 0.0528. The molecule has 0 saturated heterocycles. The van der Waals surface area contributed by atoms with Crippen molar-refractivity contribution in [2.45, 2.75) is 26.3 Å². The van der Waals surface area contributed by atoms with Gasteiger partial charge in [-0.25, -0.2) is 4.79 Å². The fraction of sp³-hybridized carbons (Fsp3) is 0.474. The summed E-state index contributed by atoms with van der Waals surface area (Å²) >= 11 is 0. The largest absolute Gasteiger partial charge is 0.497 e. The lowest BCUT2D eigenvalue weighted by molar-refractivity contribution is -0.125. The minimum Gasteiger partial charge on any atom is -0.497 e. The summed E-state index contributed by atoms with van der Waals surface area (Å²) in [7, 11) is 3.14. The number of hydrogen-bond acceptors (Lipinski definition) is 4. The molecule has 7 heteroatoms. The summed E-state index contributed by atoms with van der Waals surface area (Å²) in [5.41, 5.74) is 1.94. The van der Waals surface area contributed by atoms with Gasteiger partial charge in [0.05, 0.1) is 38.1 Å². The Morgan fingerprint density at radius 3 is 2.65 bits per heavy atom. The van der Waals surface area contributed by atoms with Crippen molar-refractivity contribution in [3.63, 3.8) is 0 Å². The number of methoxy groups -OCH3 is 2. The molecule has 2 N–H and O–H groups in total. The summed E-state index contributed by atoms with van der Waals surface area (Å²) in [6.07, 6.45) is 0.917. The number of urea groups is 1. The molecule has 2 heterocycles. The maximum Gasteiger partial charge on any atom is 0.319 e. The third-order valence-corrected chi connectivity index (χ3v) is 4.74. The van der Waals surface area contributed by atoms with E-state index in [1.54, 1.807) is 37.3 Å². The Morgan fingerprint density at radius 1 is 1.23 bits per heavy atom. The summed E-state index contributed by atoms with van der Waals surface area (Å²) in [5.74, 6) is 1.68. The van der Waals surface area contributed by atoms with Crippen molar-refractivity contribution < 1.29 is 19.1 Å². The number of nitrogens with zero attached hydrogens (tertiary/aromatic N) is 1. The first-order chi connectivity index (χ1) is 12.4. The van der Waals surface area contributed by atoms with Gasteiger partial charge >= 0.3 is 6.03 Å². The second kappa shape index (κ2) is 7.27. The Hall–Kier alpha value is -2.70. The summed E-state index contributed by atoms with van der Waals surface area (Å²) < 4.78 is 10.7. The molecule has 2 aliphatic rings. The zero-order valence-electron chi connectivity index (χ0n) is 15.6. The molecule has 140 valence electrons. The molecule has 0 bridgehead atoms. The first-order valence-electron chi connectivity index (χ1n) is 8.76. The lowest BCUT2D eigenvalue weighted by atomic mass is 9.95. The Morgan fingerprint density at radius 2 is 2.00 bits per heavy atom. The Kier molecular flexibility index (Phi) is 5.06. The number of amides is 3. The van der Waals surface area contributed by atoms with E-state index in [-0.39, 0.29) is 11.9 Å². The normalized spacial score (nSPS) is 19.4. The number of carbonyl (C=O) groups is 2. The van der Waals surface area contributed by atoms with Gasteiger partial charge in [0.15, 0.2) is 0 Å². The SMILES string of the molecule is COc1ccc(OC)c(C2NC(=O)NC3=C2C(=O)N(CCC(C)C)C3)c1. The van der Waals surface area contributed by atoms with Crippen LogP contribution < -0.4 is 20.1 Å². The summed E-state index contributed by atoms with van der Waals surface area (Å²) in [4.78, 5) is 27.0. The first-order valence-corrected chi connectivity index (χ1v) is 8.76. The van der Waals surface area contributed by atoms with E-state index in [1.807, 2.05) is 0 Å². The third kappa shape index (κ3) is 3.34. The monoisotopic (exact) mass is 359 g/mol. The van der Waals surface area contributed by atoms with E-state index in [9.17, 15) is 9.59 Å². The average molecular weight is 359 g/mol. The molecule has 7 nitrogen and oxygen atoms in total. The molecule has 1 unspecified atom stereocenters. The summed E-state index contributed by atoms with van der Waals surface area (Å²) in [6.45, 7) is 5.35. The van der Waals surface area contributed by atoms with E-state index in [4.69, 9.17) is 9.47 Å². The lowest BCUT2D eigenvalue weighted by Gasteiger charge is -2.27. The smallest absolute Gasteiger partial charge is 0.319 e. The molecule has 0 spiro atoms. The van der Waals surface area contributed by atoms with E-state index in [0.717, 1.165) is 6.42 Å². The Labute approximate surface area is 153 Å². The number of nitrogens with one attached hydrogen (secondary N) is 2. The number of ether oxygens (including phenoxy) is 2. The standard InChI is InChI=1S/C19H25N3O4/c1-11(2)7-8-22-10-14-16(18(22)23)17(21-19(24)20-14)13-9-12(25-3)5-6-15(13)26-4/h5-6,9,11,17H,7-8,10H2,1-4H3,(H2,20,21,24). The lowest BCUT2D eigenvalue weighted by Crippen LogP contribution is -2.44. The summed E-state index contributed by atoms with van der Waals surface area (Å²) in [6, 6.07) is 4.46. The zero-order chi connectivity index (χ0) is 18.8. The van der Waals surface area contributed by atoms with Crippen molar-refractivity contribution in [2.75, 3.05) is 27.3 Å². The van der Waals surface area contributed by atoms with Crippen molar-refractivity contribution in [1.29, 1.82) is 0 Å². The molecule has 3 rings (SSSR count). The van der Waals surface area contributed by atoms with Gasteiger partial charge in [-0.05, 0) is 30.5 Å². The van der Waals surface area contributed by atoms with Crippen LogP contribution in [0, 0.1) is 5.92 Å². The van der Waals surface area contributed by atoms with E-state index < -0.39 is 6.04 Å². The first kappa shape index (κ1) is 18.1. The van der Waals surface area contributed by atoms with Gasteiger partial charge < -0.3 is 25.0 Å². The Balaban J connectivity index is 1.96. The van der Waals surface area contributed by atoms with E-state index in [0.29, 0.717) is 47.3 Å². The van der Waals surface area contributed by atoms with Crippen LogP contribution in [0.4, 0.5) is 4.79 Å². The van der Waals surface area contributed by atoms with Crippen molar-refractivity contribution in [3.05, 3.63) is 35.0 Å². The molecule has 26 heavy (non-hydrogen) atoms. The molecule has 0 radical (unpaired) electrons. The third-order valence-electron chi connectivity index (χ3n) is 4.74. The van der Waals surface area contributed by atoms with Crippen LogP contribution >= 0.6 is 0 Å². The maximum atomic E-state index is 13.0. The van der Waals surface area contributed by atoms with Crippen molar-refractivity contribution >= 4 is 11.9 Å². The van der Waals surface area contributed by atoms with Gasteiger partial charge in [0.2, 0.25) is 0 Å². The minimum atomic E-state index is -0.569. The van der Waals surface area contributed by atoms with Crippen LogP contribution in [0.15, 0.2) is 29.5 Å². The van der Waals surface area contributed by atoms with Gasteiger partial charge in [0.1, 0.15) is 11.5 Å². The molecule has 0 fully saturated rings. The Bertz CT molecular complexity index is 757. The molecule has 0 saturated carbocycles. The van der Waals surface area contributed by atoms with Crippen LogP contribution in [0.3, 0.4) is 0 Å². The van der Waals surface area contributed by atoms with Gasteiger partial charge in [0.25, 0.3) is 5.91 Å². The zero-order valence-corrected chi connectivity index (χ0v) is 15.6. The van der Waals surface area contributed by atoms with Gasteiger partial charge in [-0.3, -0.25) is 4.79 Å². The molecule has 1 aromatic rings. The fourth-order valence-electron chi connectivity index (χ4n) is 3.32. The van der Waals surface area contributed by atoms with Gasteiger partial charge in [-0.15, -0.1) is 0 Å². The predicted octanol–water partition coefficient (Wildman–Crippen LogP) is 2.20. The molecule has 1 aromatic carbocycles. The van der Waals surface area contributed by atoms with Crippen LogP contribution in [0.1, 0.15) is 31.9 Å². The average Bonchev–Trinajstić information content (AvgIpc) is 2.94. The van der Waals surface area contributed by atoms with Crippen molar-refractivity contribution in [1.82, 2.24) is 15.5 Å². The molecule has 0 aromatic heterocycles. The fourth-order valence-corrected chi connectivity index (χ4v) is 3.32. The molecule has 0 aliphatic carbocycles. The number of rotatable bonds is 6. The molecule has 1 atom stereocenters. The molecule has 3 amide bonds. The highest BCUT2D eigenvalue weighted by Crippen LogP contribution is 2.38. The van der Waals surface area contributed by atoms with Crippen LogP contribution in [0.2, 0.25) is 0 Å². The van der Waals surface area contributed by atoms with Crippen LogP contribution in [0.5, 0.6) is 11.5 Å². The number of benzene rings is 1. The highest BCUT2D eigenvalue weighted by Gasteiger charge is 2.41. The predicted molar refractivity (Wildman–Crippen MR) is 97.0 cm³/mol. The highest BCUT2D eigenvalue weighted by molar-refractivity contribution is 6.01.